The quantitative estimate of drug-likeness (QED) is 0.808. The molecule has 1 atom stereocenters. The van der Waals surface area contributed by atoms with Gasteiger partial charge in [-0.1, -0.05) is 12.1 Å². The Bertz CT molecular complexity index is 510. The van der Waals surface area contributed by atoms with Gasteiger partial charge in [0, 0.05) is 25.7 Å². The molecule has 2 rings (SSSR count). The van der Waals surface area contributed by atoms with Crippen molar-refractivity contribution < 1.29 is 9.53 Å². The number of nitrogens with two attached hydrogens (primary N) is 1. The SMILES string of the molecule is C[C@H]1CN(C(=O)OC(C)(C)C)CCN1c1ccccc1N. The molecule has 1 aliphatic rings. The lowest BCUT2D eigenvalue weighted by Gasteiger charge is -2.41. The van der Waals surface area contributed by atoms with E-state index < -0.39 is 5.60 Å². The molecular weight excluding hydrogens is 266 g/mol. The van der Waals surface area contributed by atoms with Crippen LogP contribution >= 0.6 is 0 Å². The Morgan fingerprint density at radius 1 is 1.29 bits per heavy atom. The van der Waals surface area contributed by atoms with E-state index >= 15 is 0 Å². The van der Waals surface area contributed by atoms with Gasteiger partial charge < -0.3 is 20.3 Å². The number of piperazine rings is 1. The van der Waals surface area contributed by atoms with Crippen molar-refractivity contribution in [3.63, 3.8) is 0 Å². The third-order valence-electron chi connectivity index (χ3n) is 3.53. The maximum Gasteiger partial charge on any atom is 0.410 e. The van der Waals surface area contributed by atoms with Gasteiger partial charge >= 0.3 is 6.09 Å². The van der Waals surface area contributed by atoms with Crippen molar-refractivity contribution in [1.29, 1.82) is 0 Å². The second kappa shape index (κ2) is 5.84. The highest BCUT2D eigenvalue weighted by Crippen LogP contribution is 2.26. The summed E-state index contributed by atoms with van der Waals surface area (Å²) in [6.07, 6.45) is -0.241. The lowest BCUT2D eigenvalue weighted by atomic mass is 10.1. The monoisotopic (exact) mass is 291 g/mol. The van der Waals surface area contributed by atoms with Crippen LogP contribution in [0.2, 0.25) is 0 Å². The van der Waals surface area contributed by atoms with Gasteiger partial charge in [0.15, 0.2) is 0 Å². The van der Waals surface area contributed by atoms with Crippen molar-refractivity contribution >= 4 is 17.5 Å². The number of ether oxygens (including phenoxy) is 1. The molecule has 21 heavy (non-hydrogen) atoms. The largest absolute Gasteiger partial charge is 0.444 e. The molecule has 1 heterocycles. The molecule has 0 saturated carbocycles. The Balaban J connectivity index is 2.03. The Morgan fingerprint density at radius 3 is 2.52 bits per heavy atom. The molecule has 1 amide bonds. The maximum atomic E-state index is 12.1. The number of anilines is 2. The van der Waals surface area contributed by atoms with E-state index in [1.165, 1.54) is 0 Å². The molecule has 0 spiro atoms. The average molecular weight is 291 g/mol. The van der Waals surface area contributed by atoms with Gasteiger partial charge in [0.2, 0.25) is 0 Å². The number of amides is 1. The van der Waals surface area contributed by atoms with Crippen molar-refractivity contribution in [3.05, 3.63) is 24.3 Å². The van der Waals surface area contributed by atoms with Crippen molar-refractivity contribution in [2.45, 2.75) is 39.3 Å². The molecule has 1 aromatic rings. The summed E-state index contributed by atoms with van der Waals surface area (Å²) in [5.74, 6) is 0. The summed E-state index contributed by atoms with van der Waals surface area (Å²) < 4.78 is 5.43. The fraction of sp³-hybridized carbons (Fsp3) is 0.562. The minimum absolute atomic E-state index is 0.205. The van der Waals surface area contributed by atoms with Crippen LogP contribution < -0.4 is 10.6 Å². The fourth-order valence-electron chi connectivity index (χ4n) is 2.56. The first-order chi connectivity index (χ1) is 9.78. The smallest absolute Gasteiger partial charge is 0.410 e. The number of hydrogen-bond donors (Lipinski definition) is 1. The van der Waals surface area contributed by atoms with E-state index in [0.29, 0.717) is 13.1 Å². The molecule has 1 aromatic carbocycles. The van der Waals surface area contributed by atoms with Gasteiger partial charge in [-0.2, -0.15) is 0 Å². The first-order valence-electron chi connectivity index (χ1n) is 7.37. The molecule has 5 heteroatoms. The zero-order valence-electron chi connectivity index (χ0n) is 13.3. The minimum atomic E-state index is -0.457. The summed E-state index contributed by atoms with van der Waals surface area (Å²) >= 11 is 0. The van der Waals surface area contributed by atoms with E-state index in [-0.39, 0.29) is 12.1 Å². The van der Waals surface area contributed by atoms with Gasteiger partial charge in [-0.15, -0.1) is 0 Å². The molecule has 0 aromatic heterocycles. The predicted octanol–water partition coefficient (Wildman–Crippen LogP) is 2.71. The van der Waals surface area contributed by atoms with Gasteiger partial charge in [-0.3, -0.25) is 0 Å². The Hall–Kier alpha value is -1.91. The number of carbonyl (C=O) groups excluding carboxylic acids is 1. The number of para-hydroxylation sites is 2. The Morgan fingerprint density at radius 2 is 1.95 bits per heavy atom. The van der Waals surface area contributed by atoms with Crippen LogP contribution in [0.5, 0.6) is 0 Å². The second-order valence-corrected chi connectivity index (χ2v) is 6.53. The highest BCUT2D eigenvalue weighted by atomic mass is 16.6. The van der Waals surface area contributed by atoms with Crippen LogP contribution in [0.3, 0.4) is 0 Å². The van der Waals surface area contributed by atoms with E-state index in [9.17, 15) is 4.79 Å². The standard InChI is InChI=1S/C16H25N3O2/c1-12-11-18(15(20)21-16(2,3)4)9-10-19(12)14-8-6-5-7-13(14)17/h5-8,12H,9-11,17H2,1-4H3/t12-/m0/s1. The van der Waals surface area contributed by atoms with Crippen molar-refractivity contribution in [2.75, 3.05) is 30.3 Å². The number of nitrogens with zero attached hydrogens (tertiary/aromatic N) is 2. The number of carbonyl (C=O) groups is 1. The lowest BCUT2D eigenvalue weighted by Crippen LogP contribution is -2.54. The highest BCUT2D eigenvalue weighted by Gasteiger charge is 2.30. The summed E-state index contributed by atoms with van der Waals surface area (Å²) in [6.45, 7) is 9.80. The molecule has 1 saturated heterocycles. The molecule has 0 radical (unpaired) electrons. The molecule has 0 bridgehead atoms. The summed E-state index contributed by atoms with van der Waals surface area (Å²) in [5, 5.41) is 0. The molecular formula is C16H25N3O2. The van der Waals surface area contributed by atoms with Gasteiger partial charge in [0.25, 0.3) is 0 Å². The first-order valence-corrected chi connectivity index (χ1v) is 7.37. The van der Waals surface area contributed by atoms with E-state index in [1.54, 1.807) is 4.90 Å². The van der Waals surface area contributed by atoms with Crippen LogP contribution in [0, 0.1) is 0 Å². The molecule has 5 nitrogen and oxygen atoms in total. The Kier molecular flexibility index (Phi) is 4.30. The number of hydrogen-bond acceptors (Lipinski definition) is 4. The number of rotatable bonds is 1. The highest BCUT2D eigenvalue weighted by molar-refractivity contribution is 5.71. The van der Waals surface area contributed by atoms with Gasteiger partial charge in [0.1, 0.15) is 5.60 Å². The normalized spacial score (nSPS) is 19.5. The maximum absolute atomic E-state index is 12.1. The first kappa shape index (κ1) is 15.5. The summed E-state index contributed by atoms with van der Waals surface area (Å²) in [7, 11) is 0. The third kappa shape index (κ3) is 3.80. The van der Waals surface area contributed by atoms with Crippen LogP contribution in [-0.4, -0.2) is 42.3 Å². The number of benzene rings is 1. The zero-order chi connectivity index (χ0) is 15.6. The summed E-state index contributed by atoms with van der Waals surface area (Å²) in [5.41, 5.74) is 7.40. The van der Waals surface area contributed by atoms with Gasteiger partial charge in [-0.25, -0.2) is 4.79 Å². The average Bonchev–Trinajstić information content (AvgIpc) is 2.38. The molecule has 0 aliphatic carbocycles. The molecule has 2 N–H and O–H groups in total. The van der Waals surface area contributed by atoms with Crippen LogP contribution in [-0.2, 0) is 4.74 Å². The van der Waals surface area contributed by atoms with E-state index in [0.717, 1.165) is 17.9 Å². The van der Waals surface area contributed by atoms with Gasteiger partial charge in [-0.05, 0) is 39.8 Å². The van der Waals surface area contributed by atoms with Crippen molar-refractivity contribution in [1.82, 2.24) is 4.90 Å². The summed E-state index contributed by atoms with van der Waals surface area (Å²) in [6, 6.07) is 8.05. The van der Waals surface area contributed by atoms with E-state index in [4.69, 9.17) is 10.5 Å². The third-order valence-corrected chi connectivity index (χ3v) is 3.53. The predicted molar refractivity (Wildman–Crippen MR) is 85.5 cm³/mol. The lowest BCUT2D eigenvalue weighted by molar-refractivity contribution is 0.0219. The van der Waals surface area contributed by atoms with Crippen LogP contribution in [0.1, 0.15) is 27.7 Å². The molecule has 0 unspecified atom stereocenters. The van der Waals surface area contributed by atoms with E-state index in [1.807, 2.05) is 45.0 Å². The van der Waals surface area contributed by atoms with Crippen molar-refractivity contribution in [3.8, 4) is 0 Å². The zero-order valence-corrected chi connectivity index (χ0v) is 13.3. The van der Waals surface area contributed by atoms with Crippen LogP contribution in [0.4, 0.5) is 16.2 Å². The number of nitrogen functional groups attached to an aromatic ring is 1. The van der Waals surface area contributed by atoms with Gasteiger partial charge in [0.05, 0.1) is 11.4 Å². The fourth-order valence-corrected chi connectivity index (χ4v) is 2.56. The summed E-state index contributed by atoms with van der Waals surface area (Å²) in [4.78, 5) is 16.1. The van der Waals surface area contributed by atoms with Crippen LogP contribution in [0.25, 0.3) is 0 Å². The van der Waals surface area contributed by atoms with Crippen LogP contribution in [0.15, 0.2) is 24.3 Å². The molecule has 116 valence electrons. The Labute approximate surface area is 126 Å². The minimum Gasteiger partial charge on any atom is -0.444 e. The second-order valence-electron chi connectivity index (χ2n) is 6.53. The topological polar surface area (TPSA) is 58.8 Å². The van der Waals surface area contributed by atoms with Crippen molar-refractivity contribution in [2.24, 2.45) is 0 Å². The molecule has 1 aliphatic heterocycles. The molecule has 1 fully saturated rings. The van der Waals surface area contributed by atoms with E-state index in [2.05, 4.69) is 11.8 Å².